The third-order valence-corrected chi connectivity index (χ3v) is 5.35. The Balaban J connectivity index is 1.46. The van der Waals surface area contributed by atoms with E-state index in [1.165, 1.54) is 0 Å². The van der Waals surface area contributed by atoms with Gasteiger partial charge in [-0.15, -0.1) is 0 Å². The van der Waals surface area contributed by atoms with Gasteiger partial charge >= 0.3 is 6.09 Å². The standard InChI is InChI=1S/C23H27ClN4O3/c1-23(2,3)31-22(29)27-11-9-18(10-12-27)28-14-17-13-19(24)25-21(20(17)26-28)30-15-16-7-5-4-6-8-16/h4-8,13-14,18H,9-12,15H2,1-3H3. The van der Waals surface area contributed by atoms with Crippen LogP contribution in [0.2, 0.25) is 5.15 Å². The largest absolute Gasteiger partial charge is 0.471 e. The molecule has 1 saturated heterocycles. The second-order valence-corrected chi connectivity index (χ2v) is 9.16. The second-order valence-electron chi connectivity index (χ2n) is 8.77. The van der Waals surface area contributed by atoms with Crippen LogP contribution in [0.15, 0.2) is 42.6 Å². The van der Waals surface area contributed by atoms with Gasteiger partial charge in [-0.3, -0.25) is 4.68 Å². The molecule has 0 atom stereocenters. The van der Waals surface area contributed by atoms with Gasteiger partial charge in [0.05, 0.1) is 6.04 Å². The van der Waals surface area contributed by atoms with E-state index >= 15 is 0 Å². The Bertz CT molecular complexity index is 1050. The lowest BCUT2D eigenvalue weighted by molar-refractivity contribution is 0.0185. The average molecular weight is 443 g/mol. The Morgan fingerprint density at radius 1 is 1.19 bits per heavy atom. The number of pyridine rings is 1. The monoisotopic (exact) mass is 442 g/mol. The maximum absolute atomic E-state index is 12.3. The SMILES string of the molecule is CC(C)(C)OC(=O)N1CCC(n2cc3cc(Cl)nc(OCc4ccccc4)c3n2)CC1. The molecule has 0 unspecified atom stereocenters. The fourth-order valence-electron chi connectivity index (χ4n) is 3.64. The number of carbonyl (C=O) groups excluding carboxylic acids is 1. The van der Waals surface area contributed by atoms with Crippen molar-refractivity contribution in [3.8, 4) is 5.88 Å². The van der Waals surface area contributed by atoms with Crippen LogP contribution in [0.4, 0.5) is 4.79 Å². The van der Waals surface area contributed by atoms with Gasteiger partial charge in [-0.1, -0.05) is 41.9 Å². The van der Waals surface area contributed by atoms with Crippen LogP contribution < -0.4 is 4.74 Å². The van der Waals surface area contributed by atoms with Crippen molar-refractivity contribution >= 4 is 28.6 Å². The van der Waals surface area contributed by atoms with E-state index in [1.807, 2.05) is 62.0 Å². The third kappa shape index (κ3) is 5.28. The molecule has 2 aromatic heterocycles. The third-order valence-electron chi connectivity index (χ3n) is 5.15. The Hall–Kier alpha value is -2.80. The van der Waals surface area contributed by atoms with E-state index in [2.05, 4.69) is 4.98 Å². The van der Waals surface area contributed by atoms with Crippen LogP contribution in [-0.4, -0.2) is 44.4 Å². The summed E-state index contributed by atoms with van der Waals surface area (Å²) in [5.41, 5.74) is 1.25. The van der Waals surface area contributed by atoms with Crippen molar-refractivity contribution in [1.82, 2.24) is 19.7 Å². The van der Waals surface area contributed by atoms with Crippen LogP contribution in [0.1, 0.15) is 45.2 Å². The van der Waals surface area contributed by atoms with Crippen molar-refractivity contribution in [2.45, 2.75) is 51.9 Å². The van der Waals surface area contributed by atoms with Gasteiger partial charge in [0.1, 0.15) is 17.4 Å². The van der Waals surface area contributed by atoms with Crippen molar-refractivity contribution in [3.63, 3.8) is 0 Å². The van der Waals surface area contributed by atoms with Gasteiger partial charge in [0.25, 0.3) is 0 Å². The topological polar surface area (TPSA) is 69.5 Å². The van der Waals surface area contributed by atoms with Gasteiger partial charge in [-0.05, 0) is 45.2 Å². The maximum atomic E-state index is 12.3. The highest BCUT2D eigenvalue weighted by atomic mass is 35.5. The molecule has 164 valence electrons. The van der Waals surface area contributed by atoms with E-state index in [1.54, 1.807) is 11.0 Å². The molecule has 1 fully saturated rings. The number of carbonyl (C=O) groups is 1. The van der Waals surface area contributed by atoms with E-state index in [0.717, 1.165) is 23.8 Å². The number of hydrogen-bond donors (Lipinski definition) is 0. The smallest absolute Gasteiger partial charge is 0.410 e. The number of rotatable bonds is 4. The molecule has 8 heteroatoms. The first-order valence-electron chi connectivity index (χ1n) is 10.5. The van der Waals surface area contributed by atoms with Crippen LogP contribution in [0.5, 0.6) is 5.88 Å². The maximum Gasteiger partial charge on any atom is 0.410 e. The molecular formula is C23H27ClN4O3. The Morgan fingerprint density at radius 2 is 1.90 bits per heavy atom. The molecule has 0 saturated carbocycles. The lowest BCUT2D eigenvalue weighted by Gasteiger charge is -2.33. The van der Waals surface area contributed by atoms with E-state index < -0.39 is 5.60 Å². The quantitative estimate of drug-likeness (QED) is 0.517. The summed E-state index contributed by atoms with van der Waals surface area (Å²) in [6, 6.07) is 11.9. The van der Waals surface area contributed by atoms with Gasteiger partial charge in [-0.2, -0.15) is 10.1 Å². The molecule has 0 radical (unpaired) electrons. The minimum absolute atomic E-state index is 0.187. The van der Waals surface area contributed by atoms with Crippen LogP contribution in [0.3, 0.4) is 0 Å². The number of likely N-dealkylation sites (tertiary alicyclic amines) is 1. The average Bonchev–Trinajstić information content (AvgIpc) is 3.15. The predicted octanol–water partition coefficient (Wildman–Crippen LogP) is 5.24. The van der Waals surface area contributed by atoms with Crippen LogP contribution in [0.25, 0.3) is 10.9 Å². The zero-order valence-electron chi connectivity index (χ0n) is 18.0. The highest BCUT2D eigenvalue weighted by molar-refractivity contribution is 6.30. The summed E-state index contributed by atoms with van der Waals surface area (Å²) >= 11 is 6.22. The zero-order chi connectivity index (χ0) is 22.0. The fraction of sp³-hybridized carbons (Fsp3) is 0.435. The number of fused-ring (bicyclic) bond motifs is 1. The number of piperidine rings is 1. The van der Waals surface area contributed by atoms with Crippen molar-refractivity contribution in [2.24, 2.45) is 0 Å². The van der Waals surface area contributed by atoms with E-state index in [4.69, 9.17) is 26.2 Å². The van der Waals surface area contributed by atoms with Gasteiger partial charge in [0.15, 0.2) is 5.52 Å². The molecule has 3 heterocycles. The highest BCUT2D eigenvalue weighted by Gasteiger charge is 2.28. The minimum atomic E-state index is -0.490. The number of aromatic nitrogens is 3. The van der Waals surface area contributed by atoms with Gasteiger partial charge < -0.3 is 14.4 Å². The summed E-state index contributed by atoms with van der Waals surface area (Å²) in [4.78, 5) is 18.4. The number of ether oxygens (including phenoxy) is 2. The molecule has 0 N–H and O–H groups in total. The number of halogens is 1. The molecule has 1 aliphatic rings. The molecule has 31 heavy (non-hydrogen) atoms. The summed E-state index contributed by atoms with van der Waals surface area (Å²) in [5, 5.41) is 6.01. The number of nitrogens with zero attached hydrogens (tertiary/aromatic N) is 4. The van der Waals surface area contributed by atoms with Gasteiger partial charge in [-0.25, -0.2) is 4.79 Å². The molecule has 1 aliphatic heterocycles. The van der Waals surface area contributed by atoms with E-state index in [9.17, 15) is 4.79 Å². The van der Waals surface area contributed by atoms with Gasteiger partial charge in [0, 0.05) is 24.7 Å². The van der Waals surface area contributed by atoms with Crippen LogP contribution >= 0.6 is 11.6 Å². The Morgan fingerprint density at radius 3 is 2.58 bits per heavy atom. The summed E-state index contributed by atoms with van der Waals surface area (Å²) in [5.74, 6) is 0.427. The van der Waals surface area contributed by atoms with Crippen LogP contribution in [-0.2, 0) is 11.3 Å². The highest BCUT2D eigenvalue weighted by Crippen LogP contribution is 2.30. The molecule has 0 spiro atoms. The van der Waals surface area contributed by atoms with E-state index in [-0.39, 0.29) is 12.1 Å². The van der Waals surface area contributed by atoms with Crippen molar-refractivity contribution in [2.75, 3.05) is 13.1 Å². The molecule has 3 aromatic rings. The van der Waals surface area contributed by atoms with Crippen molar-refractivity contribution in [1.29, 1.82) is 0 Å². The summed E-state index contributed by atoms with van der Waals surface area (Å²) in [7, 11) is 0. The zero-order valence-corrected chi connectivity index (χ0v) is 18.8. The molecule has 1 aromatic carbocycles. The first kappa shape index (κ1) is 21.4. The lowest BCUT2D eigenvalue weighted by Crippen LogP contribution is -2.42. The fourth-order valence-corrected chi connectivity index (χ4v) is 3.84. The molecule has 1 amide bonds. The number of benzene rings is 1. The van der Waals surface area contributed by atoms with Gasteiger partial charge in [0.2, 0.25) is 5.88 Å². The number of hydrogen-bond acceptors (Lipinski definition) is 5. The second kappa shape index (κ2) is 8.75. The molecule has 0 aliphatic carbocycles. The molecule has 7 nitrogen and oxygen atoms in total. The molecule has 0 bridgehead atoms. The summed E-state index contributed by atoms with van der Waals surface area (Å²) in [6.07, 6.45) is 3.32. The number of amides is 1. The van der Waals surface area contributed by atoms with Crippen molar-refractivity contribution in [3.05, 3.63) is 53.3 Å². The summed E-state index contributed by atoms with van der Waals surface area (Å²) < 4.78 is 13.4. The lowest BCUT2D eigenvalue weighted by atomic mass is 10.1. The van der Waals surface area contributed by atoms with Crippen molar-refractivity contribution < 1.29 is 14.3 Å². The Kier molecular flexibility index (Phi) is 6.05. The predicted molar refractivity (Wildman–Crippen MR) is 119 cm³/mol. The minimum Gasteiger partial charge on any atom is -0.471 e. The van der Waals surface area contributed by atoms with E-state index in [0.29, 0.717) is 36.2 Å². The summed E-state index contributed by atoms with van der Waals surface area (Å²) in [6.45, 7) is 7.29. The molecular weight excluding hydrogens is 416 g/mol. The first-order chi connectivity index (χ1) is 14.8. The van der Waals surface area contributed by atoms with Crippen LogP contribution in [0, 0.1) is 0 Å². The molecule has 4 rings (SSSR count). The first-order valence-corrected chi connectivity index (χ1v) is 10.9. The normalized spacial score (nSPS) is 15.3. The Labute approximate surface area is 186 Å².